The van der Waals surface area contributed by atoms with Gasteiger partial charge < -0.3 is 4.90 Å². The summed E-state index contributed by atoms with van der Waals surface area (Å²) in [6.07, 6.45) is 11.8. The molecule has 32 heavy (non-hydrogen) atoms. The first-order valence-corrected chi connectivity index (χ1v) is 13.7. The highest BCUT2D eigenvalue weighted by Crippen LogP contribution is 2.52. The van der Waals surface area contributed by atoms with E-state index >= 15 is 0 Å². The highest BCUT2D eigenvalue weighted by molar-refractivity contribution is 7.89. The van der Waals surface area contributed by atoms with Crippen LogP contribution in [0.2, 0.25) is 0 Å². The summed E-state index contributed by atoms with van der Waals surface area (Å²) >= 11 is 0. The molecule has 1 aromatic heterocycles. The lowest BCUT2D eigenvalue weighted by Crippen LogP contribution is -2.47. The molecule has 3 aliphatic rings. The Hall–Kier alpha value is -1.74. The molecule has 0 radical (unpaired) electrons. The lowest BCUT2D eigenvalue weighted by molar-refractivity contribution is 0.0206. The maximum Gasteiger partial charge on any atom is 0.330 e. The zero-order valence-electron chi connectivity index (χ0n) is 18.5. The number of piperidine rings is 1. The summed E-state index contributed by atoms with van der Waals surface area (Å²) in [5, 5.41) is 0. The summed E-state index contributed by atoms with van der Waals surface area (Å²) in [4.78, 5) is 15.7. The fraction of sp³-hybridized carbons (Fsp3) is 0.696. The van der Waals surface area contributed by atoms with Gasteiger partial charge in [-0.1, -0.05) is 6.42 Å². The van der Waals surface area contributed by atoms with Gasteiger partial charge in [-0.3, -0.25) is 9.13 Å². The smallest absolute Gasteiger partial charge is 0.300 e. The van der Waals surface area contributed by atoms with Crippen LogP contribution in [0.4, 0.5) is 8.78 Å². The Balaban J connectivity index is 1.38. The van der Waals surface area contributed by atoms with Crippen molar-refractivity contribution in [1.29, 1.82) is 0 Å². The normalized spacial score (nSPS) is 23.1. The Labute approximate surface area is 187 Å². The molecular formula is C23H31F2N3O3S. The fourth-order valence-electron chi connectivity index (χ4n) is 6.25. The molecular weight excluding hydrogens is 436 g/mol. The van der Waals surface area contributed by atoms with Crippen LogP contribution < -0.4 is 5.69 Å². The molecule has 0 N–H and O–H groups in total. The third-order valence-electron chi connectivity index (χ3n) is 8.18. The van der Waals surface area contributed by atoms with Crippen molar-refractivity contribution in [2.45, 2.75) is 75.7 Å². The highest BCUT2D eigenvalue weighted by atomic mass is 32.2. The molecule has 0 bridgehead atoms. The van der Waals surface area contributed by atoms with E-state index in [-0.39, 0.29) is 17.1 Å². The second-order valence-corrected chi connectivity index (χ2v) is 12.4. The average molecular weight is 468 g/mol. The van der Waals surface area contributed by atoms with Gasteiger partial charge in [0.05, 0.1) is 11.0 Å². The number of sulfone groups is 1. The minimum absolute atomic E-state index is 0.125. The number of likely N-dealkylation sites (tertiary alicyclic amines) is 1. The van der Waals surface area contributed by atoms with E-state index in [1.54, 1.807) is 0 Å². The van der Waals surface area contributed by atoms with Crippen LogP contribution in [0.5, 0.6) is 0 Å². The van der Waals surface area contributed by atoms with Gasteiger partial charge in [-0.2, -0.15) is 0 Å². The molecule has 1 aliphatic heterocycles. The first-order valence-electron chi connectivity index (χ1n) is 11.7. The summed E-state index contributed by atoms with van der Waals surface area (Å²) < 4.78 is 54.3. The summed E-state index contributed by atoms with van der Waals surface area (Å²) in [6.45, 7) is 1.72. The third kappa shape index (κ3) is 3.91. The number of aromatic nitrogens is 2. The second kappa shape index (κ2) is 7.94. The number of nitrogens with zero attached hydrogens (tertiary/aromatic N) is 3. The molecule has 1 saturated heterocycles. The van der Waals surface area contributed by atoms with Gasteiger partial charge in [0.1, 0.15) is 5.88 Å². The lowest BCUT2D eigenvalue weighted by Gasteiger charge is -2.49. The molecule has 5 rings (SSSR count). The van der Waals surface area contributed by atoms with Crippen LogP contribution in [0.1, 0.15) is 63.8 Å². The molecule has 6 nitrogen and oxygen atoms in total. The van der Waals surface area contributed by atoms with Crippen molar-refractivity contribution in [2.75, 3.05) is 19.3 Å². The SMILES string of the molecule is CS(=O)(=O)Cn1c(=O)n(C2CCN(C3CCC4(CCC4)CC3)CC2)c2cc(F)c(F)cc21. The van der Waals surface area contributed by atoms with Crippen LogP contribution in [0.25, 0.3) is 11.0 Å². The zero-order chi connectivity index (χ0) is 22.7. The summed E-state index contributed by atoms with van der Waals surface area (Å²) in [6, 6.07) is 2.39. The van der Waals surface area contributed by atoms with Gasteiger partial charge >= 0.3 is 5.69 Å². The van der Waals surface area contributed by atoms with Gasteiger partial charge in [0, 0.05) is 43.6 Å². The van der Waals surface area contributed by atoms with Crippen LogP contribution in [0.3, 0.4) is 0 Å². The van der Waals surface area contributed by atoms with E-state index in [1.807, 2.05) is 0 Å². The molecule has 2 heterocycles. The standard InChI is InChI=1S/C23H31F2N3O3S/c1-32(30,31)15-27-20-13-18(24)19(25)14-21(20)28(22(27)29)17-5-11-26(12-6-17)16-3-9-23(10-4-16)7-2-8-23/h13-14,16-17H,2-12,15H2,1H3. The number of halogens is 2. The molecule has 2 saturated carbocycles. The van der Waals surface area contributed by atoms with E-state index in [0.717, 1.165) is 48.9 Å². The number of imidazole rings is 1. The summed E-state index contributed by atoms with van der Waals surface area (Å²) in [5.41, 5.74) is 0.502. The zero-order valence-corrected chi connectivity index (χ0v) is 19.3. The first kappa shape index (κ1) is 22.1. The highest BCUT2D eigenvalue weighted by Gasteiger charge is 2.41. The first-order chi connectivity index (χ1) is 15.2. The quantitative estimate of drug-likeness (QED) is 0.686. The molecule has 0 atom stereocenters. The Morgan fingerprint density at radius 2 is 1.53 bits per heavy atom. The Kier molecular flexibility index (Phi) is 5.47. The molecule has 3 fully saturated rings. The van der Waals surface area contributed by atoms with Gasteiger partial charge in [0.2, 0.25) is 0 Å². The predicted molar refractivity (Wildman–Crippen MR) is 119 cm³/mol. The van der Waals surface area contributed by atoms with Crippen LogP contribution >= 0.6 is 0 Å². The van der Waals surface area contributed by atoms with Crippen LogP contribution in [0, 0.1) is 17.0 Å². The number of hydrogen-bond donors (Lipinski definition) is 0. The summed E-state index contributed by atoms with van der Waals surface area (Å²) in [7, 11) is -3.54. The number of benzene rings is 1. The van der Waals surface area contributed by atoms with Gasteiger partial charge in [0.25, 0.3) is 0 Å². The van der Waals surface area contributed by atoms with Crippen molar-refractivity contribution >= 4 is 20.9 Å². The lowest BCUT2D eigenvalue weighted by atomic mass is 9.60. The largest absolute Gasteiger partial charge is 0.330 e. The van der Waals surface area contributed by atoms with Crippen molar-refractivity contribution in [3.05, 3.63) is 34.3 Å². The molecule has 176 valence electrons. The minimum Gasteiger partial charge on any atom is -0.300 e. The number of hydrogen-bond acceptors (Lipinski definition) is 4. The van der Waals surface area contributed by atoms with E-state index < -0.39 is 33.0 Å². The number of rotatable bonds is 4. The van der Waals surface area contributed by atoms with Crippen molar-refractivity contribution in [3.8, 4) is 0 Å². The molecule has 0 amide bonds. The monoisotopic (exact) mass is 467 g/mol. The topological polar surface area (TPSA) is 64.3 Å². The van der Waals surface area contributed by atoms with Crippen LogP contribution in [-0.4, -0.2) is 47.8 Å². The molecule has 9 heteroatoms. The molecule has 1 spiro atoms. The van der Waals surface area contributed by atoms with E-state index in [0.29, 0.717) is 11.5 Å². The van der Waals surface area contributed by atoms with Crippen molar-refractivity contribution in [1.82, 2.24) is 14.0 Å². The fourth-order valence-corrected chi connectivity index (χ4v) is 6.97. The summed E-state index contributed by atoms with van der Waals surface area (Å²) in [5.74, 6) is -2.68. The van der Waals surface area contributed by atoms with E-state index in [2.05, 4.69) is 4.90 Å². The Morgan fingerprint density at radius 1 is 0.938 bits per heavy atom. The van der Waals surface area contributed by atoms with Crippen molar-refractivity contribution in [2.24, 2.45) is 5.41 Å². The average Bonchev–Trinajstić information content (AvgIpc) is 2.97. The van der Waals surface area contributed by atoms with E-state index in [4.69, 9.17) is 0 Å². The molecule has 1 aromatic carbocycles. The maximum atomic E-state index is 14.1. The van der Waals surface area contributed by atoms with Crippen molar-refractivity contribution in [3.63, 3.8) is 0 Å². The van der Waals surface area contributed by atoms with Crippen LogP contribution in [0.15, 0.2) is 16.9 Å². The predicted octanol–water partition coefficient (Wildman–Crippen LogP) is 3.83. The number of fused-ring (bicyclic) bond motifs is 1. The van der Waals surface area contributed by atoms with Crippen molar-refractivity contribution < 1.29 is 17.2 Å². The van der Waals surface area contributed by atoms with Gasteiger partial charge in [-0.15, -0.1) is 0 Å². The molecule has 2 aromatic rings. The van der Waals surface area contributed by atoms with Gasteiger partial charge in [0.15, 0.2) is 21.5 Å². The molecule has 2 aliphatic carbocycles. The third-order valence-corrected chi connectivity index (χ3v) is 8.91. The van der Waals surface area contributed by atoms with Gasteiger partial charge in [-0.25, -0.2) is 22.0 Å². The van der Waals surface area contributed by atoms with Crippen LogP contribution in [-0.2, 0) is 15.7 Å². The van der Waals surface area contributed by atoms with Gasteiger partial charge in [-0.05, 0) is 56.8 Å². The Bertz CT molecular complexity index is 1180. The minimum atomic E-state index is -3.54. The van der Waals surface area contributed by atoms with E-state index in [1.165, 1.54) is 49.5 Å². The molecule has 0 unspecified atom stereocenters. The Morgan fingerprint density at radius 3 is 2.06 bits per heavy atom. The second-order valence-electron chi connectivity index (χ2n) is 10.2. The van der Waals surface area contributed by atoms with E-state index in [9.17, 15) is 22.0 Å². The maximum absolute atomic E-state index is 14.1.